The number of hydrogen-bond donors (Lipinski definition) is 2. The van der Waals surface area contributed by atoms with Crippen molar-refractivity contribution >= 4 is 29.2 Å². The van der Waals surface area contributed by atoms with E-state index < -0.39 is 40.4 Å². The van der Waals surface area contributed by atoms with E-state index in [1.165, 1.54) is 24.3 Å². The first-order chi connectivity index (χ1) is 13.9. The van der Waals surface area contributed by atoms with Gasteiger partial charge in [-0.25, -0.2) is 9.59 Å². The van der Waals surface area contributed by atoms with Crippen LogP contribution in [0.1, 0.15) is 20.7 Å². The zero-order valence-corrected chi connectivity index (χ0v) is 15.6. The lowest BCUT2D eigenvalue weighted by molar-refractivity contribution is -0.140. The Hall–Kier alpha value is -3.78. The van der Waals surface area contributed by atoms with E-state index in [2.05, 4.69) is 10.1 Å². The number of fused-ring (bicyclic) bond motifs is 1. The Labute approximate surface area is 165 Å². The van der Waals surface area contributed by atoms with Gasteiger partial charge in [0.1, 0.15) is 11.3 Å². The lowest BCUT2D eigenvalue weighted by atomic mass is 9.86. The zero-order valence-electron chi connectivity index (χ0n) is 15.6. The van der Waals surface area contributed by atoms with E-state index in [-0.39, 0.29) is 11.1 Å². The molecule has 8 nitrogen and oxygen atoms in total. The predicted octanol–water partition coefficient (Wildman–Crippen LogP) is 1.51. The highest BCUT2D eigenvalue weighted by molar-refractivity contribution is 6.37. The lowest BCUT2D eigenvalue weighted by Gasteiger charge is -2.24. The molecule has 1 aliphatic rings. The molecule has 3 rings (SSSR count). The second kappa shape index (κ2) is 7.69. The summed E-state index contributed by atoms with van der Waals surface area (Å²) in [5.74, 6) is -4.37. The molecule has 2 aromatic rings. The van der Waals surface area contributed by atoms with Crippen LogP contribution in [0.25, 0.3) is 0 Å². The van der Waals surface area contributed by atoms with Gasteiger partial charge in [-0.05, 0) is 12.1 Å². The van der Waals surface area contributed by atoms with Crippen LogP contribution >= 0.6 is 0 Å². The summed E-state index contributed by atoms with van der Waals surface area (Å²) in [5.41, 5.74) is -4.14. The number of carbonyl (C=O) groups excluding carboxylic acids is 4. The zero-order chi connectivity index (χ0) is 21.2. The minimum absolute atomic E-state index is 0.0645. The van der Waals surface area contributed by atoms with Gasteiger partial charge in [0, 0.05) is 16.8 Å². The molecule has 0 spiro atoms. The molecule has 0 amide bonds. The summed E-state index contributed by atoms with van der Waals surface area (Å²) < 4.78 is 9.40. The Morgan fingerprint density at radius 1 is 0.828 bits per heavy atom. The monoisotopic (exact) mass is 395 g/mol. The van der Waals surface area contributed by atoms with Gasteiger partial charge in [0.05, 0.1) is 14.2 Å². The largest absolute Gasteiger partial charge is 0.465 e. The molecule has 29 heavy (non-hydrogen) atoms. The second-order valence-corrected chi connectivity index (χ2v) is 6.14. The van der Waals surface area contributed by atoms with Crippen molar-refractivity contribution in [2.24, 2.45) is 0 Å². The van der Waals surface area contributed by atoms with Gasteiger partial charge < -0.3 is 19.9 Å². The fraction of sp³-hybridized carbons (Fsp3) is 0.143. The minimum Gasteiger partial charge on any atom is -0.465 e. The first-order valence-corrected chi connectivity index (χ1v) is 8.50. The maximum Gasteiger partial charge on any atom is 0.355 e. The van der Waals surface area contributed by atoms with Crippen molar-refractivity contribution in [3.05, 3.63) is 77.0 Å². The summed E-state index contributed by atoms with van der Waals surface area (Å²) in [6.07, 6.45) is 0. The molecule has 0 saturated carbocycles. The molecule has 0 aliphatic heterocycles. The molecule has 0 heterocycles. The molecule has 2 aromatic carbocycles. The SMILES string of the molecule is COC(=O)/C(Nc1ccccc1)=C(\C(=O)OC)C1(O)C(=O)c2ccccc2C1=O. The minimum atomic E-state index is -2.94. The molecular weight excluding hydrogens is 378 g/mol. The first-order valence-electron chi connectivity index (χ1n) is 8.50. The van der Waals surface area contributed by atoms with Gasteiger partial charge in [-0.1, -0.05) is 42.5 Å². The molecule has 0 unspecified atom stereocenters. The third-order valence-corrected chi connectivity index (χ3v) is 4.51. The van der Waals surface area contributed by atoms with Crippen LogP contribution in [-0.2, 0) is 19.1 Å². The van der Waals surface area contributed by atoms with E-state index in [9.17, 15) is 24.3 Å². The normalized spacial score (nSPS) is 15.3. The summed E-state index contributed by atoms with van der Waals surface area (Å²) in [5, 5.41) is 13.9. The van der Waals surface area contributed by atoms with Gasteiger partial charge in [0.15, 0.2) is 0 Å². The average Bonchev–Trinajstić information content (AvgIpc) is 2.95. The molecule has 1 aliphatic carbocycles. The van der Waals surface area contributed by atoms with Crippen LogP contribution in [0.2, 0.25) is 0 Å². The van der Waals surface area contributed by atoms with Crippen LogP contribution in [0.5, 0.6) is 0 Å². The quantitative estimate of drug-likeness (QED) is 0.444. The molecule has 0 radical (unpaired) electrons. The number of Topliss-reactive ketones (excluding diaryl/α,β-unsaturated/α-hetero) is 2. The smallest absolute Gasteiger partial charge is 0.355 e. The highest BCUT2D eigenvalue weighted by Gasteiger charge is 2.58. The molecular formula is C21H17NO7. The number of aliphatic hydroxyl groups is 1. The van der Waals surface area contributed by atoms with Gasteiger partial charge in [-0.2, -0.15) is 0 Å². The Morgan fingerprint density at radius 3 is 1.79 bits per heavy atom. The molecule has 0 aromatic heterocycles. The molecule has 148 valence electrons. The van der Waals surface area contributed by atoms with Crippen molar-refractivity contribution in [1.29, 1.82) is 0 Å². The van der Waals surface area contributed by atoms with Crippen molar-refractivity contribution in [3.63, 3.8) is 0 Å². The third-order valence-electron chi connectivity index (χ3n) is 4.51. The standard InChI is InChI=1S/C21H17NO7/c1-28-19(25)15(16(20(26)29-2)22-12-8-4-3-5-9-12)21(27)17(23)13-10-6-7-11-14(13)18(21)24/h3-11,22,27H,1-2H3/b16-15-. The van der Waals surface area contributed by atoms with Crippen molar-refractivity contribution in [1.82, 2.24) is 0 Å². The van der Waals surface area contributed by atoms with Gasteiger partial charge in [-0.15, -0.1) is 0 Å². The van der Waals surface area contributed by atoms with Crippen LogP contribution in [0.3, 0.4) is 0 Å². The number of ketones is 2. The number of ether oxygens (including phenoxy) is 2. The molecule has 0 saturated heterocycles. The van der Waals surface area contributed by atoms with Crippen molar-refractivity contribution in [2.75, 3.05) is 19.5 Å². The molecule has 0 fully saturated rings. The summed E-state index contributed by atoms with van der Waals surface area (Å²) in [6, 6.07) is 13.9. The van der Waals surface area contributed by atoms with E-state index in [0.717, 1.165) is 14.2 Å². The fourth-order valence-corrected chi connectivity index (χ4v) is 3.12. The van der Waals surface area contributed by atoms with Gasteiger partial charge in [0.25, 0.3) is 0 Å². The number of esters is 2. The fourth-order valence-electron chi connectivity index (χ4n) is 3.12. The van der Waals surface area contributed by atoms with Gasteiger partial charge in [-0.3, -0.25) is 9.59 Å². The molecule has 2 N–H and O–H groups in total. The predicted molar refractivity (Wildman–Crippen MR) is 101 cm³/mol. The van der Waals surface area contributed by atoms with Crippen LogP contribution in [-0.4, -0.2) is 48.4 Å². The maximum atomic E-state index is 13.0. The van der Waals surface area contributed by atoms with Gasteiger partial charge in [0.2, 0.25) is 17.2 Å². The summed E-state index contributed by atoms with van der Waals surface area (Å²) in [6.45, 7) is 0. The summed E-state index contributed by atoms with van der Waals surface area (Å²) >= 11 is 0. The molecule has 0 atom stereocenters. The van der Waals surface area contributed by atoms with Crippen LogP contribution in [0.4, 0.5) is 5.69 Å². The Morgan fingerprint density at radius 2 is 1.31 bits per heavy atom. The topological polar surface area (TPSA) is 119 Å². The number of anilines is 1. The number of hydrogen-bond acceptors (Lipinski definition) is 8. The number of nitrogens with one attached hydrogen (secondary N) is 1. The number of carbonyl (C=O) groups is 4. The van der Waals surface area contributed by atoms with Crippen LogP contribution < -0.4 is 5.32 Å². The average molecular weight is 395 g/mol. The Kier molecular flexibility index (Phi) is 5.29. The summed E-state index contributed by atoms with van der Waals surface area (Å²) in [7, 11) is 2.06. The third kappa shape index (κ3) is 3.19. The van der Waals surface area contributed by atoms with E-state index >= 15 is 0 Å². The lowest BCUT2D eigenvalue weighted by Crippen LogP contribution is -2.48. The van der Waals surface area contributed by atoms with Crippen molar-refractivity contribution in [2.45, 2.75) is 5.60 Å². The van der Waals surface area contributed by atoms with E-state index in [1.54, 1.807) is 30.3 Å². The maximum absolute atomic E-state index is 13.0. The highest BCUT2D eigenvalue weighted by atomic mass is 16.5. The Balaban J connectivity index is 2.28. The van der Waals surface area contributed by atoms with E-state index in [1.807, 2.05) is 0 Å². The second-order valence-electron chi connectivity index (χ2n) is 6.14. The van der Waals surface area contributed by atoms with Crippen LogP contribution in [0.15, 0.2) is 65.9 Å². The number of benzene rings is 2. The van der Waals surface area contributed by atoms with Crippen LogP contribution in [0, 0.1) is 0 Å². The Bertz CT molecular complexity index is 1010. The number of para-hydroxylation sites is 1. The first kappa shape index (κ1) is 20.0. The van der Waals surface area contributed by atoms with Crippen molar-refractivity contribution < 1.29 is 33.8 Å². The summed E-state index contributed by atoms with van der Waals surface area (Å²) in [4.78, 5) is 51.0. The molecule has 0 bridgehead atoms. The van der Waals surface area contributed by atoms with Crippen molar-refractivity contribution in [3.8, 4) is 0 Å². The van der Waals surface area contributed by atoms with E-state index in [0.29, 0.717) is 5.69 Å². The van der Waals surface area contributed by atoms with E-state index in [4.69, 9.17) is 4.74 Å². The molecule has 8 heteroatoms. The number of methoxy groups -OCH3 is 2. The van der Waals surface area contributed by atoms with Gasteiger partial charge >= 0.3 is 11.9 Å². The highest BCUT2D eigenvalue weighted by Crippen LogP contribution is 2.37. The number of rotatable bonds is 5.